The first-order valence-corrected chi connectivity index (χ1v) is 19.8. The summed E-state index contributed by atoms with van der Waals surface area (Å²) in [7, 11) is 0. The van der Waals surface area contributed by atoms with E-state index in [1.165, 1.54) is 154 Å². The van der Waals surface area contributed by atoms with Gasteiger partial charge in [0.25, 0.3) is 0 Å². The van der Waals surface area contributed by atoms with Crippen molar-refractivity contribution in [2.24, 2.45) is 11.5 Å². The van der Waals surface area contributed by atoms with Crippen LogP contribution < -0.4 is 11.5 Å². The Balaban J connectivity index is 4.11. The Kier molecular flexibility index (Phi) is 35.4. The lowest BCUT2D eigenvalue weighted by Crippen LogP contribution is -2.39. The summed E-state index contributed by atoms with van der Waals surface area (Å²) in [5.74, 6) is 0. The van der Waals surface area contributed by atoms with E-state index in [9.17, 15) is 10.2 Å². The van der Waals surface area contributed by atoms with E-state index in [0.717, 1.165) is 39.0 Å². The first-order chi connectivity index (χ1) is 21.6. The average Bonchev–Trinajstić information content (AvgIpc) is 3.03. The monoisotopic (exact) mass is 627 g/mol. The third-order valence-corrected chi connectivity index (χ3v) is 9.34. The molecule has 0 amide bonds. The molecule has 0 bridgehead atoms. The van der Waals surface area contributed by atoms with Crippen molar-refractivity contribution in [2.75, 3.05) is 52.4 Å². The minimum absolute atomic E-state index is 0.332. The van der Waals surface area contributed by atoms with Gasteiger partial charge in [-0.25, -0.2) is 0 Å². The molecule has 0 saturated heterocycles. The Morgan fingerprint density at radius 2 is 0.568 bits per heavy atom. The number of hydrogen-bond donors (Lipinski definition) is 4. The molecular formula is C38H82N4O2. The summed E-state index contributed by atoms with van der Waals surface area (Å²) < 4.78 is 0. The third kappa shape index (κ3) is 31.7. The normalized spacial score (nSPS) is 13.4. The lowest BCUT2D eigenvalue weighted by Gasteiger charge is -2.27. The van der Waals surface area contributed by atoms with Crippen LogP contribution >= 0.6 is 0 Å². The van der Waals surface area contributed by atoms with Gasteiger partial charge in [0, 0.05) is 26.2 Å². The van der Waals surface area contributed by atoms with E-state index in [-0.39, 0.29) is 0 Å². The lowest BCUT2D eigenvalue weighted by atomic mass is 10.1. The van der Waals surface area contributed by atoms with Gasteiger partial charge < -0.3 is 31.5 Å². The fourth-order valence-electron chi connectivity index (χ4n) is 6.36. The molecule has 0 aliphatic heterocycles. The zero-order valence-corrected chi connectivity index (χ0v) is 30.1. The summed E-state index contributed by atoms with van der Waals surface area (Å²) in [5, 5.41) is 20.4. The van der Waals surface area contributed by atoms with Gasteiger partial charge in [-0.15, -0.1) is 0 Å². The maximum absolute atomic E-state index is 10.2. The molecule has 0 rings (SSSR count). The van der Waals surface area contributed by atoms with Gasteiger partial charge in [0.05, 0.1) is 12.2 Å². The third-order valence-electron chi connectivity index (χ3n) is 9.34. The van der Waals surface area contributed by atoms with Gasteiger partial charge in [-0.1, -0.05) is 155 Å². The van der Waals surface area contributed by atoms with E-state index in [1.807, 2.05) is 0 Å². The van der Waals surface area contributed by atoms with Gasteiger partial charge in [-0.2, -0.15) is 0 Å². The first kappa shape index (κ1) is 43.8. The molecule has 0 aromatic rings. The molecule has 0 fully saturated rings. The van der Waals surface area contributed by atoms with Crippen LogP contribution in [-0.2, 0) is 0 Å². The van der Waals surface area contributed by atoms with Crippen LogP contribution in [0.2, 0.25) is 0 Å². The first-order valence-electron chi connectivity index (χ1n) is 19.8. The average molecular weight is 627 g/mol. The van der Waals surface area contributed by atoms with Crippen LogP contribution in [0, 0.1) is 0 Å². The largest absolute Gasteiger partial charge is 0.390 e. The van der Waals surface area contributed by atoms with E-state index in [2.05, 4.69) is 23.6 Å². The molecule has 44 heavy (non-hydrogen) atoms. The van der Waals surface area contributed by atoms with E-state index < -0.39 is 12.2 Å². The van der Waals surface area contributed by atoms with Crippen LogP contribution in [0.1, 0.15) is 181 Å². The molecule has 0 heterocycles. The minimum Gasteiger partial charge on any atom is -0.390 e. The van der Waals surface area contributed by atoms with Crippen LogP contribution in [0.15, 0.2) is 0 Å². The number of nitrogens with two attached hydrogens (primary N) is 2. The molecule has 0 spiro atoms. The fourth-order valence-corrected chi connectivity index (χ4v) is 6.36. The van der Waals surface area contributed by atoms with E-state index in [4.69, 9.17) is 11.5 Å². The van der Waals surface area contributed by atoms with Gasteiger partial charge in [-0.3, -0.25) is 0 Å². The molecule has 0 aliphatic rings. The fraction of sp³-hybridized carbons (Fsp3) is 1.00. The van der Waals surface area contributed by atoms with Crippen LogP contribution in [0.25, 0.3) is 0 Å². The standard InChI is InChI=1S/C38H82N4O2/c1-3-5-7-9-11-13-15-17-19-21-23-25-29-41(35-37(43)33-39)31-27-28-32-42(36-38(44)34-40)30-26-24-22-20-18-16-14-12-10-8-6-4-2/h37-38,43-44H,3-36,39-40H2,1-2H3. The molecule has 6 N–H and O–H groups in total. The highest BCUT2D eigenvalue weighted by Crippen LogP contribution is 2.14. The molecule has 2 unspecified atom stereocenters. The van der Waals surface area contributed by atoms with Crippen molar-refractivity contribution in [3.05, 3.63) is 0 Å². The molecule has 6 heteroatoms. The second-order valence-corrected chi connectivity index (χ2v) is 13.9. The highest BCUT2D eigenvalue weighted by Gasteiger charge is 2.13. The Hall–Kier alpha value is -0.240. The summed E-state index contributed by atoms with van der Waals surface area (Å²) in [6, 6.07) is 0. The maximum atomic E-state index is 10.2. The zero-order valence-electron chi connectivity index (χ0n) is 30.1. The second kappa shape index (κ2) is 35.6. The van der Waals surface area contributed by atoms with Crippen LogP contribution in [0.5, 0.6) is 0 Å². The zero-order chi connectivity index (χ0) is 32.4. The highest BCUT2D eigenvalue weighted by atomic mass is 16.3. The predicted molar refractivity (Wildman–Crippen MR) is 194 cm³/mol. The van der Waals surface area contributed by atoms with Crippen LogP contribution in [0.3, 0.4) is 0 Å². The summed E-state index contributed by atoms with van der Waals surface area (Å²) in [5.41, 5.74) is 11.5. The van der Waals surface area contributed by atoms with Crippen molar-refractivity contribution in [3.63, 3.8) is 0 Å². The molecule has 0 radical (unpaired) electrons. The Bertz CT molecular complexity index is 493. The number of hydrogen-bond acceptors (Lipinski definition) is 6. The molecule has 0 aromatic heterocycles. The van der Waals surface area contributed by atoms with Crippen molar-refractivity contribution in [2.45, 2.75) is 193 Å². The summed E-state index contributed by atoms with van der Waals surface area (Å²) in [6.45, 7) is 10.7. The minimum atomic E-state index is -0.436. The molecule has 0 saturated carbocycles. The highest BCUT2D eigenvalue weighted by molar-refractivity contribution is 4.69. The topological polar surface area (TPSA) is 99.0 Å². The summed E-state index contributed by atoms with van der Waals surface area (Å²) in [6.07, 6.45) is 34.1. The number of aliphatic hydroxyl groups excluding tert-OH is 2. The van der Waals surface area contributed by atoms with Gasteiger partial charge in [-0.05, 0) is 51.9 Å². The van der Waals surface area contributed by atoms with Crippen LogP contribution in [0.4, 0.5) is 0 Å². The van der Waals surface area contributed by atoms with Gasteiger partial charge in [0.1, 0.15) is 0 Å². The van der Waals surface area contributed by atoms with E-state index in [1.54, 1.807) is 0 Å². The van der Waals surface area contributed by atoms with Gasteiger partial charge in [0.2, 0.25) is 0 Å². The van der Waals surface area contributed by atoms with Crippen molar-refractivity contribution >= 4 is 0 Å². The molecule has 266 valence electrons. The molecule has 0 aliphatic carbocycles. The second-order valence-electron chi connectivity index (χ2n) is 13.9. The summed E-state index contributed by atoms with van der Waals surface area (Å²) >= 11 is 0. The van der Waals surface area contributed by atoms with E-state index >= 15 is 0 Å². The Morgan fingerprint density at radius 3 is 0.795 bits per heavy atom. The quantitative estimate of drug-likeness (QED) is 0.0517. The van der Waals surface area contributed by atoms with Gasteiger partial charge in [0.15, 0.2) is 0 Å². The van der Waals surface area contributed by atoms with Gasteiger partial charge >= 0.3 is 0 Å². The number of rotatable bonds is 37. The smallest absolute Gasteiger partial charge is 0.0789 e. The summed E-state index contributed by atoms with van der Waals surface area (Å²) in [4.78, 5) is 4.86. The van der Waals surface area contributed by atoms with Crippen LogP contribution in [-0.4, -0.2) is 84.6 Å². The SMILES string of the molecule is CCCCCCCCCCCCCCN(CCCCN(CCCCCCCCCCCCCC)CC(O)CN)CC(O)CN. The van der Waals surface area contributed by atoms with Crippen molar-refractivity contribution in [1.29, 1.82) is 0 Å². The Morgan fingerprint density at radius 1 is 0.364 bits per heavy atom. The van der Waals surface area contributed by atoms with Crippen molar-refractivity contribution in [3.8, 4) is 0 Å². The lowest BCUT2D eigenvalue weighted by molar-refractivity contribution is 0.107. The number of unbranched alkanes of at least 4 members (excludes halogenated alkanes) is 23. The molecule has 0 aromatic carbocycles. The molecular weight excluding hydrogens is 544 g/mol. The predicted octanol–water partition coefficient (Wildman–Crippen LogP) is 8.41. The van der Waals surface area contributed by atoms with E-state index in [0.29, 0.717) is 26.2 Å². The number of nitrogens with zero attached hydrogens (tertiary/aromatic N) is 2. The van der Waals surface area contributed by atoms with Crippen molar-refractivity contribution < 1.29 is 10.2 Å². The molecule has 2 atom stereocenters. The van der Waals surface area contributed by atoms with Crippen molar-refractivity contribution in [1.82, 2.24) is 9.80 Å². The molecule has 6 nitrogen and oxygen atoms in total. The Labute approximate surface area is 276 Å². The number of aliphatic hydroxyl groups is 2. The maximum Gasteiger partial charge on any atom is 0.0789 e.